The fourth-order valence-electron chi connectivity index (χ4n) is 6.37. The second-order valence-corrected chi connectivity index (χ2v) is 14.2. The van der Waals surface area contributed by atoms with Gasteiger partial charge in [-0.2, -0.15) is 0 Å². The van der Waals surface area contributed by atoms with Gasteiger partial charge in [0.05, 0.1) is 19.2 Å². The SMILES string of the molecule is CC[C@H](C(=O)N[C@H](C(=O)N(C)[C@H](CN(C)CC(=O)N1CCC[C@H]1COC)C(C)C)C(C)(C)C)C(C)(C)c1ccccc1. The summed E-state index contributed by atoms with van der Waals surface area (Å²) in [5.74, 6) is -0.260. The van der Waals surface area contributed by atoms with Gasteiger partial charge in [0.1, 0.15) is 6.04 Å². The number of carbonyl (C=O) groups is 3. The van der Waals surface area contributed by atoms with Crippen molar-refractivity contribution in [3.63, 3.8) is 0 Å². The van der Waals surface area contributed by atoms with Gasteiger partial charge >= 0.3 is 0 Å². The Morgan fingerprint density at radius 1 is 1.07 bits per heavy atom. The summed E-state index contributed by atoms with van der Waals surface area (Å²) < 4.78 is 5.32. The van der Waals surface area contributed by atoms with E-state index in [0.29, 0.717) is 19.6 Å². The van der Waals surface area contributed by atoms with E-state index < -0.39 is 16.9 Å². The zero-order chi connectivity index (χ0) is 31.8. The van der Waals surface area contributed by atoms with Crippen LogP contribution >= 0.6 is 0 Å². The number of rotatable bonds is 14. The minimum atomic E-state index is -0.691. The number of ether oxygens (including phenoxy) is 1. The summed E-state index contributed by atoms with van der Waals surface area (Å²) in [6.45, 7) is 18.6. The van der Waals surface area contributed by atoms with Crippen LogP contribution in [0.3, 0.4) is 0 Å². The lowest BCUT2D eigenvalue weighted by atomic mass is 9.71. The van der Waals surface area contributed by atoms with Crippen molar-refractivity contribution in [2.45, 2.75) is 98.2 Å². The van der Waals surface area contributed by atoms with Crippen molar-refractivity contribution in [3.8, 4) is 0 Å². The molecule has 1 fully saturated rings. The average molecular weight is 587 g/mol. The molecular weight excluding hydrogens is 528 g/mol. The molecule has 1 N–H and O–H groups in total. The third-order valence-corrected chi connectivity index (χ3v) is 9.09. The standard InChI is InChI=1S/C34H58N4O4/c1-12-27(34(7,8)25-17-14-13-15-18-25)31(40)35-30(33(4,5)6)32(41)37(10)28(24(2)3)21-36(9)22-29(39)38-20-16-19-26(38)23-42-11/h13-15,17-18,24,26-28,30H,12,16,19-23H2,1-11H3,(H,35,40)/t26-,27+,28+,30+/m0/s1. The first-order valence-corrected chi connectivity index (χ1v) is 15.7. The van der Waals surface area contributed by atoms with E-state index in [9.17, 15) is 14.4 Å². The summed E-state index contributed by atoms with van der Waals surface area (Å²) in [5, 5.41) is 3.18. The van der Waals surface area contributed by atoms with Gasteiger partial charge in [0, 0.05) is 44.6 Å². The molecule has 0 aromatic heterocycles. The Morgan fingerprint density at radius 3 is 2.21 bits per heavy atom. The third kappa shape index (κ3) is 9.03. The van der Waals surface area contributed by atoms with E-state index in [1.54, 1.807) is 12.0 Å². The Kier molecular flexibility index (Phi) is 13.0. The van der Waals surface area contributed by atoms with E-state index in [0.717, 1.165) is 24.9 Å². The van der Waals surface area contributed by atoms with Crippen LogP contribution in [0.1, 0.15) is 80.2 Å². The second kappa shape index (κ2) is 15.3. The fraction of sp³-hybridized carbons (Fsp3) is 0.735. The highest BCUT2D eigenvalue weighted by atomic mass is 16.5. The van der Waals surface area contributed by atoms with Gasteiger partial charge in [0.25, 0.3) is 0 Å². The van der Waals surface area contributed by atoms with Crippen molar-refractivity contribution in [3.05, 3.63) is 35.9 Å². The number of nitrogens with one attached hydrogen (secondary N) is 1. The largest absolute Gasteiger partial charge is 0.383 e. The molecule has 1 aromatic carbocycles. The average Bonchev–Trinajstić information content (AvgIpc) is 3.38. The number of likely N-dealkylation sites (tertiary alicyclic amines) is 1. The van der Waals surface area contributed by atoms with Crippen molar-refractivity contribution in [1.82, 2.24) is 20.0 Å². The summed E-state index contributed by atoms with van der Waals surface area (Å²) in [7, 11) is 5.44. The first-order chi connectivity index (χ1) is 19.6. The maximum Gasteiger partial charge on any atom is 0.245 e. The number of hydrogen-bond donors (Lipinski definition) is 1. The molecule has 238 valence electrons. The molecule has 0 saturated carbocycles. The quantitative estimate of drug-likeness (QED) is 0.345. The molecule has 0 radical (unpaired) electrons. The van der Waals surface area contributed by atoms with Gasteiger partial charge in [0.2, 0.25) is 17.7 Å². The molecular formula is C34H58N4O4. The van der Waals surface area contributed by atoms with Crippen LogP contribution in [0.25, 0.3) is 0 Å². The Hall–Kier alpha value is -2.45. The van der Waals surface area contributed by atoms with Gasteiger partial charge in [-0.3, -0.25) is 19.3 Å². The number of benzene rings is 1. The molecule has 0 aliphatic carbocycles. The molecule has 1 heterocycles. The molecule has 0 spiro atoms. The number of nitrogens with zero attached hydrogens (tertiary/aromatic N) is 3. The first-order valence-electron chi connectivity index (χ1n) is 15.7. The van der Waals surface area contributed by atoms with Crippen LogP contribution in [-0.2, 0) is 24.5 Å². The van der Waals surface area contributed by atoms with E-state index in [2.05, 4.69) is 45.1 Å². The number of amides is 3. The van der Waals surface area contributed by atoms with Crippen molar-refractivity contribution in [2.24, 2.45) is 17.3 Å². The Morgan fingerprint density at radius 2 is 1.69 bits per heavy atom. The number of likely N-dealkylation sites (N-methyl/N-ethyl adjacent to an activating group) is 2. The predicted octanol–water partition coefficient (Wildman–Crippen LogP) is 4.57. The fourth-order valence-corrected chi connectivity index (χ4v) is 6.37. The van der Waals surface area contributed by atoms with E-state index >= 15 is 0 Å². The second-order valence-electron chi connectivity index (χ2n) is 14.2. The van der Waals surface area contributed by atoms with Crippen LogP contribution < -0.4 is 5.32 Å². The molecule has 8 heteroatoms. The first kappa shape index (κ1) is 35.7. The lowest BCUT2D eigenvalue weighted by Crippen LogP contribution is -2.59. The molecule has 42 heavy (non-hydrogen) atoms. The molecule has 0 unspecified atom stereocenters. The van der Waals surface area contributed by atoms with E-state index in [1.807, 2.05) is 69.8 Å². The third-order valence-electron chi connectivity index (χ3n) is 9.09. The van der Waals surface area contributed by atoms with E-state index in [-0.39, 0.29) is 48.2 Å². The topological polar surface area (TPSA) is 82.2 Å². The van der Waals surface area contributed by atoms with Crippen LogP contribution in [0.5, 0.6) is 0 Å². The highest BCUT2D eigenvalue weighted by molar-refractivity contribution is 5.90. The zero-order valence-corrected chi connectivity index (χ0v) is 28.2. The van der Waals surface area contributed by atoms with Crippen LogP contribution in [0.2, 0.25) is 0 Å². The van der Waals surface area contributed by atoms with Crippen LogP contribution in [0.4, 0.5) is 0 Å². The molecule has 1 aliphatic rings. The van der Waals surface area contributed by atoms with Crippen LogP contribution in [-0.4, -0.2) is 98.0 Å². The lowest BCUT2D eigenvalue weighted by Gasteiger charge is -2.41. The molecule has 4 atom stereocenters. The monoisotopic (exact) mass is 586 g/mol. The maximum absolute atomic E-state index is 14.1. The maximum atomic E-state index is 14.1. The molecule has 1 aliphatic heterocycles. The van der Waals surface area contributed by atoms with Gasteiger partial charge in [-0.15, -0.1) is 0 Å². The number of methoxy groups -OCH3 is 1. The van der Waals surface area contributed by atoms with Crippen molar-refractivity contribution >= 4 is 17.7 Å². The zero-order valence-electron chi connectivity index (χ0n) is 28.2. The van der Waals surface area contributed by atoms with Gasteiger partial charge < -0.3 is 19.9 Å². The molecule has 8 nitrogen and oxygen atoms in total. The minimum Gasteiger partial charge on any atom is -0.383 e. The summed E-state index contributed by atoms with van der Waals surface area (Å²) in [6.07, 6.45) is 2.62. The van der Waals surface area contributed by atoms with Crippen LogP contribution in [0, 0.1) is 17.3 Å². The molecule has 0 bridgehead atoms. The molecule has 2 rings (SSSR count). The Bertz CT molecular complexity index is 1020. The summed E-state index contributed by atoms with van der Waals surface area (Å²) in [6, 6.07) is 9.41. The van der Waals surface area contributed by atoms with Gasteiger partial charge in [-0.05, 0) is 43.2 Å². The number of carbonyl (C=O) groups excluding carboxylic acids is 3. The molecule has 1 saturated heterocycles. The molecule has 1 aromatic rings. The Labute approximate surface area is 255 Å². The Balaban J connectivity index is 2.19. The summed E-state index contributed by atoms with van der Waals surface area (Å²) in [4.78, 5) is 46.8. The minimum absolute atomic E-state index is 0.0972. The summed E-state index contributed by atoms with van der Waals surface area (Å²) in [5.41, 5.74) is 0.207. The molecule has 3 amide bonds. The van der Waals surface area contributed by atoms with Crippen LogP contribution in [0.15, 0.2) is 30.3 Å². The van der Waals surface area contributed by atoms with Crippen molar-refractivity contribution in [2.75, 3.05) is 47.4 Å². The summed E-state index contributed by atoms with van der Waals surface area (Å²) >= 11 is 0. The normalized spacial score (nSPS) is 18.2. The van der Waals surface area contributed by atoms with E-state index in [1.165, 1.54) is 0 Å². The van der Waals surface area contributed by atoms with Crippen molar-refractivity contribution in [1.29, 1.82) is 0 Å². The van der Waals surface area contributed by atoms with Gasteiger partial charge in [-0.25, -0.2) is 0 Å². The highest BCUT2D eigenvalue weighted by Crippen LogP contribution is 2.35. The highest BCUT2D eigenvalue weighted by Gasteiger charge is 2.41. The lowest BCUT2D eigenvalue weighted by molar-refractivity contribution is -0.143. The van der Waals surface area contributed by atoms with Gasteiger partial charge in [-0.1, -0.05) is 85.7 Å². The van der Waals surface area contributed by atoms with Gasteiger partial charge in [0.15, 0.2) is 0 Å². The predicted molar refractivity (Wildman–Crippen MR) is 170 cm³/mol. The van der Waals surface area contributed by atoms with E-state index in [4.69, 9.17) is 4.74 Å². The smallest absolute Gasteiger partial charge is 0.245 e. The number of hydrogen-bond acceptors (Lipinski definition) is 5. The van der Waals surface area contributed by atoms with Crippen molar-refractivity contribution < 1.29 is 19.1 Å².